The summed E-state index contributed by atoms with van der Waals surface area (Å²) in [7, 11) is -6.14. The van der Waals surface area contributed by atoms with Gasteiger partial charge in [0.05, 0.1) is 22.5 Å². The van der Waals surface area contributed by atoms with E-state index in [0.717, 1.165) is 17.9 Å². The van der Waals surface area contributed by atoms with Gasteiger partial charge in [0.25, 0.3) is 0 Å². The zero-order chi connectivity index (χ0) is 20.2. The van der Waals surface area contributed by atoms with Crippen LogP contribution in [-0.2, 0) is 31.0 Å². The fourth-order valence-corrected chi connectivity index (χ4v) is 4.99. The number of esters is 1. The first-order chi connectivity index (χ1) is 12.5. The van der Waals surface area contributed by atoms with Gasteiger partial charge in [-0.1, -0.05) is 12.1 Å². The third kappa shape index (κ3) is 5.61. The maximum absolute atomic E-state index is 12.5. The summed E-state index contributed by atoms with van der Waals surface area (Å²) in [6.45, 7) is 0.107. The number of carbonyl (C=O) groups excluding carboxylic acids is 1. The molecule has 146 valence electrons. The molecule has 0 heterocycles. The quantitative estimate of drug-likeness (QED) is 0.614. The molecule has 0 unspecified atom stereocenters. The summed E-state index contributed by atoms with van der Waals surface area (Å²) in [6, 6.07) is 10.5. The van der Waals surface area contributed by atoms with Crippen LogP contribution in [-0.4, -0.2) is 42.7 Å². The predicted molar refractivity (Wildman–Crippen MR) is 104 cm³/mol. The van der Waals surface area contributed by atoms with E-state index in [-0.39, 0.29) is 20.8 Å². The molecule has 0 amide bonds. The summed E-state index contributed by atoms with van der Waals surface area (Å²) in [6.07, 6.45) is 1.40. The second kappa shape index (κ2) is 8.51. The molecule has 0 atom stereocenters. The van der Waals surface area contributed by atoms with Crippen molar-refractivity contribution in [2.45, 2.75) is 16.2 Å². The molecule has 1 N–H and O–H groups in total. The van der Waals surface area contributed by atoms with E-state index >= 15 is 0 Å². The maximum Gasteiger partial charge on any atom is 0.337 e. The van der Waals surface area contributed by atoms with Crippen LogP contribution in [0.25, 0.3) is 0 Å². The molecule has 0 aliphatic carbocycles. The number of ether oxygens (including phenoxy) is 1. The minimum absolute atomic E-state index is 0.0792. The van der Waals surface area contributed by atoms with Gasteiger partial charge < -0.3 is 4.74 Å². The third-order valence-electron chi connectivity index (χ3n) is 3.70. The first-order valence-corrected chi connectivity index (χ1v) is 11.9. The molecule has 2 aromatic carbocycles. The number of halogens is 1. The van der Waals surface area contributed by atoms with Gasteiger partial charge in [-0.3, -0.25) is 0 Å². The fraction of sp³-hybridized carbons (Fsp3) is 0.235. The molecule has 0 radical (unpaired) electrons. The number of methoxy groups -OCH3 is 1. The molecule has 2 rings (SSSR count). The summed E-state index contributed by atoms with van der Waals surface area (Å²) in [5.74, 6) is -0.446. The SMILES string of the molecule is COC(=O)c1ccc(CCNS(=O)(=O)c2cc(S(C)(=O)=O)ccc2Br)cc1. The Hall–Kier alpha value is -1.75. The van der Waals surface area contributed by atoms with E-state index in [2.05, 4.69) is 25.4 Å². The lowest BCUT2D eigenvalue weighted by atomic mass is 10.1. The largest absolute Gasteiger partial charge is 0.465 e. The number of carbonyl (C=O) groups is 1. The molecule has 0 aliphatic heterocycles. The van der Waals surface area contributed by atoms with Crippen LogP contribution < -0.4 is 4.72 Å². The van der Waals surface area contributed by atoms with Crippen molar-refractivity contribution in [1.29, 1.82) is 0 Å². The van der Waals surface area contributed by atoms with Crippen molar-refractivity contribution in [3.05, 3.63) is 58.1 Å². The molecule has 27 heavy (non-hydrogen) atoms. The van der Waals surface area contributed by atoms with Crippen LogP contribution in [0.4, 0.5) is 0 Å². The van der Waals surface area contributed by atoms with Gasteiger partial charge >= 0.3 is 5.97 Å². The zero-order valence-corrected chi connectivity index (χ0v) is 17.8. The third-order valence-corrected chi connectivity index (χ3v) is 7.27. The second-order valence-electron chi connectivity index (χ2n) is 5.70. The highest BCUT2D eigenvalue weighted by atomic mass is 79.9. The van der Waals surface area contributed by atoms with Gasteiger partial charge in [0.2, 0.25) is 10.0 Å². The molecule has 0 fully saturated rings. The van der Waals surface area contributed by atoms with E-state index in [9.17, 15) is 21.6 Å². The number of sulfone groups is 1. The van der Waals surface area contributed by atoms with Gasteiger partial charge in [0.15, 0.2) is 9.84 Å². The predicted octanol–water partition coefficient (Wildman–Crippen LogP) is 2.16. The van der Waals surface area contributed by atoms with Crippen molar-refractivity contribution in [3.8, 4) is 0 Å². The molecule has 0 saturated heterocycles. The second-order valence-corrected chi connectivity index (χ2v) is 10.3. The highest BCUT2D eigenvalue weighted by molar-refractivity contribution is 9.10. The lowest BCUT2D eigenvalue weighted by Crippen LogP contribution is -2.26. The van der Waals surface area contributed by atoms with Gasteiger partial charge in [0, 0.05) is 17.3 Å². The highest BCUT2D eigenvalue weighted by Gasteiger charge is 2.20. The van der Waals surface area contributed by atoms with Crippen LogP contribution in [0.1, 0.15) is 15.9 Å². The van der Waals surface area contributed by atoms with Crippen molar-refractivity contribution in [2.75, 3.05) is 19.9 Å². The topological polar surface area (TPSA) is 107 Å². The van der Waals surface area contributed by atoms with E-state index in [4.69, 9.17) is 0 Å². The number of nitrogens with one attached hydrogen (secondary N) is 1. The van der Waals surface area contributed by atoms with E-state index in [1.165, 1.54) is 19.2 Å². The van der Waals surface area contributed by atoms with Crippen LogP contribution in [0.5, 0.6) is 0 Å². The van der Waals surface area contributed by atoms with Gasteiger partial charge in [-0.2, -0.15) is 0 Å². The van der Waals surface area contributed by atoms with Crippen LogP contribution in [0.2, 0.25) is 0 Å². The van der Waals surface area contributed by atoms with E-state index in [1.807, 2.05) is 0 Å². The van der Waals surface area contributed by atoms with Gasteiger partial charge in [-0.05, 0) is 58.2 Å². The van der Waals surface area contributed by atoms with Crippen LogP contribution in [0.3, 0.4) is 0 Å². The molecule has 0 aromatic heterocycles. The number of hydrogen-bond acceptors (Lipinski definition) is 6. The zero-order valence-electron chi connectivity index (χ0n) is 14.6. The molecule has 0 bridgehead atoms. The number of benzene rings is 2. The standard InChI is InChI=1S/C17H18BrNO6S2/c1-25-17(20)13-5-3-12(4-6-13)9-10-19-27(23,24)16-11-14(26(2,21)22)7-8-15(16)18/h3-8,11,19H,9-10H2,1-2H3. The number of rotatable bonds is 7. The molecule has 0 spiro atoms. The monoisotopic (exact) mass is 475 g/mol. The van der Waals surface area contributed by atoms with Crippen molar-refractivity contribution in [3.63, 3.8) is 0 Å². The lowest BCUT2D eigenvalue weighted by molar-refractivity contribution is 0.0600. The van der Waals surface area contributed by atoms with Gasteiger partial charge in [0.1, 0.15) is 0 Å². The maximum atomic E-state index is 12.5. The Morgan fingerprint density at radius 3 is 2.26 bits per heavy atom. The molecule has 0 aliphatic rings. The van der Waals surface area contributed by atoms with E-state index < -0.39 is 25.8 Å². The Balaban J connectivity index is 2.10. The molecule has 0 saturated carbocycles. The molecular formula is C17H18BrNO6S2. The molecular weight excluding hydrogens is 458 g/mol. The summed E-state index contributed by atoms with van der Waals surface area (Å²) in [5, 5.41) is 0. The van der Waals surface area contributed by atoms with E-state index in [1.54, 1.807) is 24.3 Å². The number of sulfonamides is 1. The Bertz CT molecular complexity index is 1050. The average Bonchev–Trinajstić information content (AvgIpc) is 2.60. The first kappa shape index (κ1) is 21.5. The molecule has 7 nitrogen and oxygen atoms in total. The molecule has 10 heteroatoms. The number of hydrogen-bond donors (Lipinski definition) is 1. The fourth-order valence-electron chi connectivity index (χ4n) is 2.25. The van der Waals surface area contributed by atoms with Crippen molar-refractivity contribution in [2.24, 2.45) is 0 Å². The Labute approximate surface area is 166 Å². The van der Waals surface area contributed by atoms with Crippen LogP contribution in [0, 0.1) is 0 Å². The average molecular weight is 476 g/mol. The normalized spacial score (nSPS) is 12.0. The van der Waals surface area contributed by atoms with Gasteiger partial charge in [-0.15, -0.1) is 0 Å². The Morgan fingerprint density at radius 2 is 1.70 bits per heavy atom. The summed E-state index contributed by atoms with van der Waals surface area (Å²) in [4.78, 5) is 11.2. The van der Waals surface area contributed by atoms with Crippen molar-refractivity contribution in [1.82, 2.24) is 4.72 Å². The Morgan fingerprint density at radius 1 is 1.07 bits per heavy atom. The highest BCUT2D eigenvalue weighted by Crippen LogP contribution is 2.25. The van der Waals surface area contributed by atoms with Crippen LogP contribution in [0.15, 0.2) is 56.7 Å². The molecule has 2 aromatic rings. The summed E-state index contributed by atoms with van der Waals surface area (Å²) in [5.41, 5.74) is 1.23. The first-order valence-electron chi connectivity index (χ1n) is 7.71. The summed E-state index contributed by atoms with van der Waals surface area (Å²) >= 11 is 3.14. The lowest BCUT2D eigenvalue weighted by Gasteiger charge is -2.10. The Kier molecular flexibility index (Phi) is 6.79. The smallest absolute Gasteiger partial charge is 0.337 e. The summed E-state index contributed by atoms with van der Waals surface area (Å²) < 4.78 is 55.7. The van der Waals surface area contributed by atoms with Gasteiger partial charge in [-0.25, -0.2) is 26.4 Å². The van der Waals surface area contributed by atoms with Crippen molar-refractivity contribution >= 4 is 41.8 Å². The minimum atomic E-state index is -3.90. The van der Waals surface area contributed by atoms with Crippen LogP contribution >= 0.6 is 15.9 Å². The van der Waals surface area contributed by atoms with Crippen molar-refractivity contribution < 1.29 is 26.4 Å². The van der Waals surface area contributed by atoms with E-state index in [0.29, 0.717) is 12.0 Å². The minimum Gasteiger partial charge on any atom is -0.465 e.